The smallest absolute Gasteiger partial charge is 0.325 e. The zero-order valence-corrected chi connectivity index (χ0v) is 8.62. The van der Waals surface area contributed by atoms with Crippen molar-refractivity contribution in [1.82, 2.24) is 20.2 Å². The summed E-state index contributed by atoms with van der Waals surface area (Å²) in [7, 11) is 0. The molecular weight excluding hydrogens is 228 g/mol. The van der Waals surface area contributed by atoms with Crippen LogP contribution < -0.4 is 0 Å². The minimum Gasteiger partial charge on any atom is -0.480 e. The predicted molar refractivity (Wildman–Crippen MR) is 51.2 cm³/mol. The molecule has 0 saturated carbocycles. The highest BCUT2D eigenvalue weighted by Gasteiger charge is 2.09. The van der Waals surface area contributed by atoms with Gasteiger partial charge in [0.25, 0.3) is 0 Å². The van der Waals surface area contributed by atoms with E-state index in [2.05, 4.69) is 22.1 Å². The molecule has 1 heterocycles. The number of carboxylic acids is 1. The molecule has 0 aliphatic heterocycles. The SMILES string of the molecule is C=C(Cl)CSc1nnnn1CC(=O)O. The van der Waals surface area contributed by atoms with Gasteiger partial charge in [0.15, 0.2) is 0 Å². The van der Waals surface area contributed by atoms with Gasteiger partial charge in [-0.05, 0) is 10.4 Å². The van der Waals surface area contributed by atoms with Gasteiger partial charge in [-0.25, -0.2) is 4.68 Å². The molecule has 0 radical (unpaired) electrons. The molecule has 1 N–H and O–H groups in total. The monoisotopic (exact) mass is 234 g/mol. The molecule has 0 unspecified atom stereocenters. The molecule has 8 heteroatoms. The fourth-order valence-corrected chi connectivity index (χ4v) is 1.46. The van der Waals surface area contributed by atoms with E-state index in [1.54, 1.807) is 0 Å². The van der Waals surface area contributed by atoms with Gasteiger partial charge in [-0.3, -0.25) is 4.79 Å². The molecule has 0 aromatic carbocycles. The van der Waals surface area contributed by atoms with E-state index in [1.165, 1.54) is 16.4 Å². The Morgan fingerprint density at radius 3 is 3.00 bits per heavy atom. The van der Waals surface area contributed by atoms with Crippen molar-refractivity contribution in [2.45, 2.75) is 11.7 Å². The minimum atomic E-state index is -0.996. The largest absolute Gasteiger partial charge is 0.480 e. The van der Waals surface area contributed by atoms with Crippen LogP contribution in [-0.2, 0) is 11.3 Å². The quantitative estimate of drug-likeness (QED) is 0.752. The van der Waals surface area contributed by atoms with Gasteiger partial charge in [-0.2, -0.15) is 0 Å². The zero-order valence-electron chi connectivity index (χ0n) is 7.05. The lowest BCUT2D eigenvalue weighted by molar-refractivity contribution is -0.138. The van der Waals surface area contributed by atoms with Crippen LogP contribution in [0.3, 0.4) is 0 Å². The highest BCUT2D eigenvalue weighted by atomic mass is 35.5. The van der Waals surface area contributed by atoms with Gasteiger partial charge < -0.3 is 5.11 Å². The van der Waals surface area contributed by atoms with Crippen LogP contribution >= 0.6 is 23.4 Å². The van der Waals surface area contributed by atoms with Crippen LogP contribution in [0, 0.1) is 0 Å². The Kier molecular flexibility index (Phi) is 3.90. The number of tetrazole rings is 1. The van der Waals surface area contributed by atoms with Crippen molar-refractivity contribution in [3.8, 4) is 0 Å². The third-order valence-electron chi connectivity index (χ3n) is 1.14. The van der Waals surface area contributed by atoms with Crippen LogP contribution in [0.5, 0.6) is 0 Å². The van der Waals surface area contributed by atoms with Crippen molar-refractivity contribution in [2.24, 2.45) is 0 Å². The second kappa shape index (κ2) is 4.97. The first-order chi connectivity index (χ1) is 6.59. The summed E-state index contributed by atoms with van der Waals surface area (Å²) in [6.07, 6.45) is 0. The van der Waals surface area contributed by atoms with Crippen molar-refractivity contribution >= 4 is 29.3 Å². The first kappa shape index (κ1) is 11.0. The number of hydrogen-bond acceptors (Lipinski definition) is 5. The Balaban J connectivity index is 2.62. The lowest BCUT2D eigenvalue weighted by atomic mass is 10.7. The summed E-state index contributed by atoms with van der Waals surface area (Å²) in [6, 6.07) is 0. The molecule has 1 aromatic heterocycles. The third kappa shape index (κ3) is 3.35. The third-order valence-corrected chi connectivity index (χ3v) is 2.48. The molecule has 0 amide bonds. The molecule has 6 nitrogen and oxygen atoms in total. The van der Waals surface area contributed by atoms with Crippen molar-refractivity contribution < 1.29 is 9.90 Å². The van der Waals surface area contributed by atoms with E-state index in [0.29, 0.717) is 15.9 Å². The Morgan fingerprint density at radius 2 is 2.43 bits per heavy atom. The summed E-state index contributed by atoms with van der Waals surface area (Å²) in [5, 5.41) is 19.9. The topological polar surface area (TPSA) is 80.9 Å². The average Bonchev–Trinajstić information content (AvgIpc) is 2.47. The maximum atomic E-state index is 10.4. The second-order valence-electron chi connectivity index (χ2n) is 2.32. The van der Waals surface area contributed by atoms with Crippen LogP contribution in [-0.4, -0.2) is 37.0 Å². The van der Waals surface area contributed by atoms with E-state index in [4.69, 9.17) is 16.7 Å². The van der Waals surface area contributed by atoms with Crippen molar-refractivity contribution in [1.29, 1.82) is 0 Å². The van der Waals surface area contributed by atoms with Crippen molar-refractivity contribution in [2.75, 3.05) is 5.75 Å². The van der Waals surface area contributed by atoms with E-state index >= 15 is 0 Å². The van der Waals surface area contributed by atoms with Crippen molar-refractivity contribution in [3.05, 3.63) is 11.6 Å². The maximum Gasteiger partial charge on any atom is 0.325 e. The first-order valence-electron chi connectivity index (χ1n) is 3.53. The average molecular weight is 235 g/mol. The van der Waals surface area contributed by atoms with Gasteiger partial charge in [-0.1, -0.05) is 29.9 Å². The van der Waals surface area contributed by atoms with E-state index in [1.807, 2.05) is 0 Å². The van der Waals surface area contributed by atoms with Gasteiger partial charge in [0.2, 0.25) is 5.16 Å². The normalized spacial score (nSPS) is 10.1. The van der Waals surface area contributed by atoms with Crippen LogP contribution in [0.25, 0.3) is 0 Å². The minimum absolute atomic E-state index is 0.260. The summed E-state index contributed by atoms with van der Waals surface area (Å²) in [4.78, 5) is 10.4. The molecule has 76 valence electrons. The molecule has 0 aliphatic carbocycles. The van der Waals surface area contributed by atoms with Crippen LogP contribution in [0.2, 0.25) is 0 Å². The highest BCUT2D eigenvalue weighted by Crippen LogP contribution is 2.17. The Hall–Kier alpha value is -1.08. The van der Waals surface area contributed by atoms with Crippen LogP contribution in [0.15, 0.2) is 16.8 Å². The Morgan fingerprint density at radius 1 is 1.71 bits per heavy atom. The number of aromatic nitrogens is 4. The van der Waals surface area contributed by atoms with Gasteiger partial charge in [-0.15, -0.1) is 5.10 Å². The lowest BCUT2D eigenvalue weighted by Crippen LogP contribution is -2.11. The first-order valence-corrected chi connectivity index (χ1v) is 4.90. The number of nitrogens with zero attached hydrogens (tertiary/aromatic N) is 4. The summed E-state index contributed by atoms with van der Waals surface area (Å²) in [6.45, 7) is 3.24. The fraction of sp³-hybridized carbons (Fsp3) is 0.333. The molecular formula is C6H7ClN4O2S. The molecule has 0 saturated heterocycles. The van der Waals surface area contributed by atoms with E-state index in [9.17, 15) is 4.79 Å². The van der Waals surface area contributed by atoms with Gasteiger partial charge in [0, 0.05) is 10.8 Å². The summed E-state index contributed by atoms with van der Waals surface area (Å²) in [5.74, 6) is -0.550. The van der Waals surface area contributed by atoms with E-state index < -0.39 is 5.97 Å². The summed E-state index contributed by atoms with van der Waals surface area (Å²) < 4.78 is 1.19. The standard InChI is InChI=1S/C6H7ClN4O2S/c1-4(7)3-14-6-8-9-10-11(6)2-5(12)13/h1-3H2,(H,12,13). The summed E-state index contributed by atoms with van der Waals surface area (Å²) >= 11 is 6.78. The number of carbonyl (C=O) groups is 1. The molecule has 1 aromatic rings. The Labute approximate surface area is 88.9 Å². The molecule has 0 spiro atoms. The molecule has 0 aliphatic rings. The van der Waals surface area contributed by atoms with Gasteiger partial charge >= 0.3 is 5.97 Å². The molecule has 0 fully saturated rings. The van der Waals surface area contributed by atoms with Crippen LogP contribution in [0.1, 0.15) is 0 Å². The number of carboxylic acid groups (broad SMARTS) is 1. The summed E-state index contributed by atoms with van der Waals surface area (Å²) in [5.41, 5.74) is 0. The van der Waals surface area contributed by atoms with Gasteiger partial charge in [0.1, 0.15) is 6.54 Å². The molecule has 0 atom stereocenters. The predicted octanol–water partition coefficient (Wildman–Crippen LogP) is 0.602. The maximum absolute atomic E-state index is 10.4. The number of aliphatic carboxylic acids is 1. The highest BCUT2D eigenvalue weighted by molar-refractivity contribution is 7.99. The fourth-order valence-electron chi connectivity index (χ4n) is 0.670. The lowest BCUT2D eigenvalue weighted by Gasteiger charge is -1.99. The molecule has 1 rings (SSSR count). The van der Waals surface area contributed by atoms with Gasteiger partial charge in [0.05, 0.1) is 0 Å². The molecule has 14 heavy (non-hydrogen) atoms. The van der Waals surface area contributed by atoms with Crippen LogP contribution in [0.4, 0.5) is 0 Å². The molecule has 0 bridgehead atoms. The number of rotatable bonds is 5. The Bertz CT molecular complexity index is 353. The van der Waals surface area contributed by atoms with E-state index in [0.717, 1.165) is 0 Å². The number of thioether (sulfide) groups is 1. The van der Waals surface area contributed by atoms with Crippen molar-refractivity contribution in [3.63, 3.8) is 0 Å². The number of halogens is 1. The van der Waals surface area contributed by atoms with E-state index in [-0.39, 0.29) is 6.54 Å². The second-order valence-corrected chi connectivity index (χ2v) is 3.80. The number of hydrogen-bond donors (Lipinski definition) is 1. The zero-order chi connectivity index (χ0) is 10.6.